The fourth-order valence-electron chi connectivity index (χ4n) is 3.36. The monoisotopic (exact) mass is 264 g/mol. The third-order valence-corrected chi connectivity index (χ3v) is 4.75. The molecular formula is C15H21ClN2. The minimum Gasteiger partial charge on any atom is -0.372 e. The Bertz CT molecular complexity index is 376. The van der Waals surface area contributed by atoms with Crippen LogP contribution in [0.15, 0.2) is 24.3 Å². The number of benzene rings is 1. The second kappa shape index (κ2) is 5.50. The van der Waals surface area contributed by atoms with Gasteiger partial charge in [0.25, 0.3) is 0 Å². The minimum absolute atomic E-state index is 0.825. The SMILES string of the molecule is Clc1ccc(N2CCC(C3CCNC3)CC2)cc1. The van der Waals surface area contributed by atoms with Gasteiger partial charge >= 0.3 is 0 Å². The molecule has 1 aromatic rings. The zero-order valence-electron chi connectivity index (χ0n) is 10.7. The van der Waals surface area contributed by atoms with Gasteiger partial charge in [-0.3, -0.25) is 0 Å². The van der Waals surface area contributed by atoms with Crippen LogP contribution in [0.2, 0.25) is 5.02 Å². The van der Waals surface area contributed by atoms with E-state index in [9.17, 15) is 0 Å². The molecule has 2 heterocycles. The maximum atomic E-state index is 5.93. The minimum atomic E-state index is 0.825. The van der Waals surface area contributed by atoms with Crippen molar-refractivity contribution in [1.82, 2.24) is 5.32 Å². The molecule has 2 aliphatic heterocycles. The summed E-state index contributed by atoms with van der Waals surface area (Å²) in [5, 5.41) is 4.32. The molecule has 18 heavy (non-hydrogen) atoms. The van der Waals surface area contributed by atoms with E-state index >= 15 is 0 Å². The van der Waals surface area contributed by atoms with Crippen LogP contribution in [0.1, 0.15) is 19.3 Å². The Balaban J connectivity index is 1.57. The lowest BCUT2D eigenvalue weighted by molar-refractivity contribution is 0.292. The van der Waals surface area contributed by atoms with E-state index in [1.165, 1.54) is 51.1 Å². The van der Waals surface area contributed by atoms with Gasteiger partial charge in [-0.2, -0.15) is 0 Å². The number of anilines is 1. The van der Waals surface area contributed by atoms with Crippen molar-refractivity contribution in [2.24, 2.45) is 11.8 Å². The molecule has 2 fully saturated rings. The van der Waals surface area contributed by atoms with Gasteiger partial charge < -0.3 is 10.2 Å². The zero-order valence-corrected chi connectivity index (χ0v) is 11.5. The molecule has 0 saturated carbocycles. The van der Waals surface area contributed by atoms with Gasteiger partial charge in [-0.1, -0.05) is 11.6 Å². The molecule has 2 aliphatic rings. The van der Waals surface area contributed by atoms with E-state index in [4.69, 9.17) is 11.6 Å². The van der Waals surface area contributed by atoms with Gasteiger partial charge in [0, 0.05) is 23.8 Å². The van der Waals surface area contributed by atoms with Crippen molar-refractivity contribution in [3.05, 3.63) is 29.3 Å². The van der Waals surface area contributed by atoms with E-state index in [1.807, 2.05) is 12.1 Å². The Morgan fingerprint density at radius 1 is 1.00 bits per heavy atom. The third-order valence-electron chi connectivity index (χ3n) is 4.50. The lowest BCUT2D eigenvalue weighted by atomic mass is 9.83. The molecule has 2 saturated heterocycles. The van der Waals surface area contributed by atoms with Crippen LogP contribution in [0.25, 0.3) is 0 Å². The molecule has 1 unspecified atom stereocenters. The molecular weight excluding hydrogens is 244 g/mol. The number of piperidine rings is 1. The molecule has 1 atom stereocenters. The van der Waals surface area contributed by atoms with E-state index in [-0.39, 0.29) is 0 Å². The summed E-state index contributed by atoms with van der Waals surface area (Å²) in [5.74, 6) is 1.86. The summed E-state index contributed by atoms with van der Waals surface area (Å²) in [5.41, 5.74) is 1.32. The third kappa shape index (κ3) is 2.65. The molecule has 1 aromatic carbocycles. The average molecular weight is 265 g/mol. The van der Waals surface area contributed by atoms with Gasteiger partial charge in [0.15, 0.2) is 0 Å². The van der Waals surface area contributed by atoms with Crippen LogP contribution in [-0.4, -0.2) is 26.2 Å². The molecule has 0 spiro atoms. The summed E-state index contributed by atoms with van der Waals surface area (Å²) in [6, 6.07) is 8.26. The van der Waals surface area contributed by atoms with Crippen LogP contribution < -0.4 is 10.2 Å². The van der Waals surface area contributed by atoms with Gasteiger partial charge in [0.05, 0.1) is 0 Å². The molecule has 98 valence electrons. The summed E-state index contributed by atoms with van der Waals surface area (Å²) in [4.78, 5) is 2.50. The lowest BCUT2D eigenvalue weighted by Gasteiger charge is -2.36. The molecule has 2 nitrogen and oxygen atoms in total. The van der Waals surface area contributed by atoms with Crippen LogP contribution >= 0.6 is 11.6 Å². The van der Waals surface area contributed by atoms with E-state index in [2.05, 4.69) is 22.3 Å². The molecule has 0 radical (unpaired) electrons. The van der Waals surface area contributed by atoms with Gasteiger partial charge in [-0.25, -0.2) is 0 Å². The summed E-state index contributed by atoms with van der Waals surface area (Å²) in [7, 11) is 0. The Morgan fingerprint density at radius 2 is 1.72 bits per heavy atom. The predicted octanol–water partition coefficient (Wildman–Crippen LogP) is 3.17. The smallest absolute Gasteiger partial charge is 0.0407 e. The van der Waals surface area contributed by atoms with Gasteiger partial charge in [-0.15, -0.1) is 0 Å². The van der Waals surface area contributed by atoms with E-state index in [0.717, 1.165) is 16.9 Å². The first-order valence-electron chi connectivity index (χ1n) is 7.04. The van der Waals surface area contributed by atoms with Crippen molar-refractivity contribution in [3.8, 4) is 0 Å². The number of halogens is 1. The Hall–Kier alpha value is -0.730. The second-order valence-corrected chi connectivity index (χ2v) is 5.99. The van der Waals surface area contributed by atoms with Crippen molar-refractivity contribution >= 4 is 17.3 Å². The van der Waals surface area contributed by atoms with Crippen LogP contribution in [0, 0.1) is 11.8 Å². The zero-order chi connectivity index (χ0) is 12.4. The highest BCUT2D eigenvalue weighted by molar-refractivity contribution is 6.30. The summed E-state index contributed by atoms with van der Waals surface area (Å²) in [6.07, 6.45) is 4.07. The van der Waals surface area contributed by atoms with Crippen LogP contribution in [0.3, 0.4) is 0 Å². The number of hydrogen-bond donors (Lipinski definition) is 1. The van der Waals surface area contributed by atoms with Crippen molar-refractivity contribution in [3.63, 3.8) is 0 Å². The van der Waals surface area contributed by atoms with Crippen molar-refractivity contribution in [2.75, 3.05) is 31.1 Å². The van der Waals surface area contributed by atoms with Crippen LogP contribution in [0.5, 0.6) is 0 Å². The summed E-state index contributed by atoms with van der Waals surface area (Å²) in [6.45, 7) is 4.86. The lowest BCUT2D eigenvalue weighted by Crippen LogP contribution is -2.36. The van der Waals surface area contributed by atoms with Crippen LogP contribution in [-0.2, 0) is 0 Å². The van der Waals surface area contributed by atoms with E-state index < -0.39 is 0 Å². The fourth-order valence-corrected chi connectivity index (χ4v) is 3.49. The summed E-state index contributed by atoms with van der Waals surface area (Å²) < 4.78 is 0. The van der Waals surface area contributed by atoms with Gasteiger partial charge in [0.2, 0.25) is 0 Å². The highest BCUT2D eigenvalue weighted by Gasteiger charge is 2.28. The topological polar surface area (TPSA) is 15.3 Å². The first-order chi connectivity index (χ1) is 8.83. The molecule has 0 amide bonds. The predicted molar refractivity (Wildman–Crippen MR) is 77.4 cm³/mol. The fraction of sp³-hybridized carbons (Fsp3) is 0.600. The van der Waals surface area contributed by atoms with Crippen LogP contribution in [0.4, 0.5) is 5.69 Å². The van der Waals surface area contributed by atoms with Gasteiger partial charge in [-0.05, 0) is 68.5 Å². The first kappa shape index (κ1) is 12.3. The standard InChI is InChI=1S/C15H21ClN2/c16-14-1-3-15(4-2-14)18-9-6-12(7-10-18)13-5-8-17-11-13/h1-4,12-13,17H,5-11H2. The quantitative estimate of drug-likeness (QED) is 0.883. The molecule has 0 bridgehead atoms. The molecule has 0 aliphatic carbocycles. The first-order valence-corrected chi connectivity index (χ1v) is 7.42. The number of rotatable bonds is 2. The molecule has 1 N–H and O–H groups in total. The second-order valence-electron chi connectivity index (χ2n) is 5.55. The number of nitrogens with one attached hydrogen (secondary N) is 1. The normalized spacial score (nSPS) is 25.6. The highest BCUT2D eigenvalue weighted by Crippen LogP contribution is 2.31. The molecule has 3 rings (SSSR count). The molecule has 0 aromatic heterocycles. The maximum absolute atomic E-state index is 5.93. The van der Waals surface area contributed by atoms with E-state index in [1.54, 1.807) is 0 Å². The maximum Gasteiger partial charge on any atom is 0.0407 e. The van der Waals surface area contributed by atoms with Crippen molar-refractivity contribution < 1.29 is 0 Å². The van der Waals surface area contributed by atoms with Crippen molar-refractivity contribution in [1.29, 1.82) is 0 Å². The Morgan fingerprint density at radius 3 is 2.33 bits per heavy atom. The van der Waals surface area contributed by atoms with Crippen molar-refractivity contribution in [2.45, 2.75) is 19.3 Å². The molecule has 3 heteroatoms. The largest absolute Gasteiger partial charge is 0.372 e. The Labute approximate surface area is 114 Å². The Kier molecular flexibility index (Phi) is 3.76. The van der Waals surface area contributed by atoms with E-state index in [0.29, 0.717) is 0 Å². The highest BCUT2D eigenvalue weighted by atomic mass is 35.5. The number of nitrogens with zero attached hydrogens (tertiary/aromatic N) is 1. The van der Waals surface area contributed by atoms with Gasteiger partial charge in [0.1, 0.15) is 0 Å². The summed E-state index contributed by atoms with van der Waals surface area (Å²) >= 11 is 5.93. The average Bonchev–Trinajstić information content (AvgIpc) is 2.94. The number of hydrogen-bond acceptors (Lipinski definition) is 2.